The van der Waals surface area contributed by atoms with Gasteiger partial charge >= 0.3 is 0 Å². The summed E-state index contributed by atoms with van der Waals surface area (Å²) in [7, 11) is 0. The zero-order valence-corrected chi connectivity index (χ0v) is 11.2. The van der Waals surface area contributed by atoms with Crippen LogP contribution in [-0.4, -0.2) is 5.78 Å². The summed E-state index contributed by atoms with van der Waals surface area (Å²) in [4.78, 5) is 12.1. The fourth-order valence-electron chi connectivity index (χ4n) is 1.49. The molecule has 0 heterocycles. The Kier molecular flexibility index (Phi) is 3.78. The number of hydrogen-bond donors (Lipinski definition) is 0. The molecule has 0 radical (unpaired) electrons. The van der Waals surface area contributed by atoms with Gasteiger partial charge in [0.05, 0.1) is 5.56 Å². The molecule has 18 heavy (non-hydrogen) atoms. The minimum atomic E-state index is -0.770. The molecule has 0 saturated heterocycles. The second-order valence-corrected chi connectivity index (χ2v) is 4.87. The molecule has 0 aliphatic heterocycles. The summed E-state index contributed by atoms with van der Waals surface area (Å²) < 4.78 is 27.0. The van der Waals surface area contributed by atoms with Gasteiger partial charge in [-0.15, -0.1) is 0 Å². The van der Waals surface area contributed by atoms with E-state index in [0.717, 1.165) is 18.2 Å². The average Bonchev–Trinajstić information content (AvgIpc) is 2.34. The highest BCUT2D eigenvalue weighted by atomic mass is 79.9. The van der Waals surface area contributed by atoms with Gasteiger partial charge in [-0.25, -0.2) is 8.78 Å². The second kappa shape index (κ2) is 5.16. The molecule has 2 rings (SSSR count). The van der Waals surface area contributed by atoms with Gasteiger partial charge in [-0.2, -0.15) is 0 Å². The Morgan fingerprint density at radius 2 is 1.78 bits per heavy atom. The molecule has 0 N–H and O–H groups in total. The standard InChI is InChI=1S/C13H6BrClF2O/c14-11-3-1-7(15)5-9(11)13(18)10-6-8(16)2-4-12(10)17/h1-6H. The van der Waals surface area contributed by atoms with Crippen LogP contribution in [0, 0.1) is 11.6 Å². The molecule has 0 amide bonds. The highest BCUT2D eigenvalue weighted by Crippen LogP contribution is 2.25. The van der Waals surface area contributed by atoms with Crippen LogP contribution in [0.2, 0.25) is 5.02 Å². The summed E-state index contributed by atoms with van der Waals surface area (Å²) in [5.41, 5.74) is -0.134. The van der Waals surface area contributed by atoms with E-state index in [1.54, 1.807) is 12.1 Å². The van der Waals surface area contributed by atoms with Gasteiger partial charge in [0.15, 0.2) is 5.78 Å². The Balaban J connectivity index is 2.54. The molecule has 0 atom stereocenters. The molecule has 0 spiro atoms. The second-order valence-electron chi connectivity index (χ2n) is 3.58. The minimum Gasteiger partial charge on any atom is -0.288 e. The zero-order valence-electron chi connectivity index (χ0n) is 8.88. The molecule has 0 aliphatic rings. The number of rotatable bonds is 2. The molecule has 2 aromatic carbocycles. The van der Waals surface area contributed by atoms with Gasteiger partial charge in [0.1, 0.15) is 11.6 Å². The van der Waals surface area contributed by atoms with Crippen LogP contribution in [0.4, 0.5) is 8.78 Å². The molecule has 92 valence electrons. The Morgan fingerprint density at radius 3 is 2.50 bits per heavy atom. The molecular formula is C13H6BrClF2O. The van der Waals surface area contributed by atoms with Gasteiger partial charge in [-0.3, -0.25) is 4.79 Å². The molecule has 1 nitrogen and oxygen atoms in total. The predicted octanol–water partition coefficient (Wildman–Crippen LogP) is 4.61. The van der Waals surface area contributed by atoms with Crippen LogP contribution in [0.25, 0.3) is 0 Å². The van der Waals surface area contributed by atoms with E-state index in [-0.39, 0.29) is 11.1 Å². The van der Waals surface area contributed by atoms with E-state index in [1.807, 2.05) is 0 Å². The Morgan fingerprint density at radius 1 is 1.06 bits per heavy atom. The Bertz CT molecular complexity index is 575. The van der Waals surface area contributed by atoms with E-state index in [4.69, 9.17) is 11.6 Å². The zero-order chi connectivity index (χ0) is 13.3. The van der Waals surface area contributed by atoms with Crippen molar-refractivity contribution >= 4 is 33.3 Å². The van der Waals surface area contributed by atoms with Crippen molar-refractivity contribution < 1.29 is 13.6 Å². The van der Waals surface area contributed by atoms with E-state index >= 15 is 0 Å². The van der Waals surface area contributed by atoms with Crippen molar-refractivity contribution in [3.05, 3.63) is 68.7 Å². The first-order valence-electron chi connectivity index (χ1n) is 4.94. The summed E-state index contributed by atoms with van der Waals surface area (Å²) in [5, 5.41) is 0.346. The lowest BCUT2D eigenvalue weighted by Crippen LogP contribution is -2.05. The maximum absolute atomic E-state index is 13.5. The number of hydrogen-bond acceptors (Lipinski definition) is 1. The first kappa shape index (κ1) is 13.2. The SMILES string of the molecule is O=C(c1cc(F)ccc1F)c1cc(Cl)ccc1Br. The van der Waals surface area contributed by atoms with E-state index in [1.165, 1.54) is 6.07 Å². The number of carbonyl (C=O) groups is 1. The van der Waals surface area contributed by atoms with Crippen LogP contribution in [0.15, 0.2) is 40.9 Å². The van der Waals surface area contributed by atoms with Gasteiger partial charge in [-0.1, -0.05) is 27.5 Å². The molecule has 0 bridgehead atoms. The van der Waals surface area contributed by atoms with Crippen molar-refractivity contribution in [1.29, 1.82) is 0 Å². The monoisotopic (exact) mass is 330 g/mol. The van der Waals surface area contributed by atoms with Crippen LogP contribution < -0.4 is 0 Å². The fourth-order valence-corrected chi connectivity index (χ4v) is 2.09. The lowest BCUT2D eigenvalue weighted by Gasteiger charge is -2.05. The molecular weight excluding hydrogens is 325 g/mol. The van der Waals surface area contributed by atoms with Crippen molar-refractivity contribution in [2.45, 2.75) is 0 Å². The van der Waals surface area contributed by atoms with Crippen molar-refractivity contribution in [2.75, 3.05) is 0 Å². The van der Waals surface area contributed by atoms with E-state index < -0.39 is 17.4 Å². The van der Waals surface area contributed by atoms with Gasteiger partial charge in [0, 0.05) is 15.1 Å². The third-order valence-corrected chi connectivity index (χ3v) is 3.27. The van der Waals surface area contributed by atoms with Crippen molar-refractivity contribution in [3.63, 3.8) is 0 Å². The highest BCUT2D eigenvalue weighted by molar-refractivity contribution is 9.10. The van der Waals surface area contributed by atoms with Gasteiger partial charge in [-0.05, 0) is 36.4 Å². The lowest BCUT2D eigenvalue weighted by atomic mass is 10.0. The van der Waals surface area contributed by atoms with Gasteiger partial charge in [0.25, 0.3) is 0 Å². The molecule has 0 aliphatic carbocycles. The molecule has 0 unspecified atom stereocenters. The maximum atomic E-state index is 13.5. The van der Waals surface area contributed by atoms with Crippen LogP contribution in [0.1, 0.15) is 15.9 Å². The summed E-state index contributed by atoms with van der Waals surface area (Å²) in [6.07, 6.45) is 0. The summed E-state index contributed by atoms with van der Waals surface area (Å²) in [5.74, 6) is -2.06. The average molecular weight is 332 g/mol. The van der Waals surface area contributed by atoms with Gasteiger partial charge in [0.2, 0.25) is 0 Å². The number of ketones is 1. The van der Waals surface area contributed by atoms with E-state index in [0.29, 0.717) is 9.50 Å². The maximum Gasteiger partial charge on any atom is 0.197 e. The summed E-state index contributed by atoms with van der Waals surface area (Å²) in [6.45, 7) is 0. The minimum absolute atomic E-state index is 0.187. The lowest BCUT2D eigenvalue weighted by molar-refractivity contribution is 0.103. The largest absolute Gasteiger partial charge is 0.288 e. The van der Waals surface area contributed by atoms with Crippen molar-refractivity contribution in [2.24, 2.45) is 0 Å². The first-order valence-corrected chi connectivity index (χ1v) is 6.11. The predicted molar refractivity (Wildman–Crippen MR) is 68.9 cm³/mol. The number of benzene rings is 2. The third kappa shape index (κ3) is 2.60. The quantitative estimate of drug-likeness (QED) is 0.734. The Labute approximate surface area is 116 Å². The van der Waals surface area contributed by atoms with Crippen LogP contribution in [-0.2, 0) is 0 Å². The van der Waals surface area contributed by atoms with Crippen LogP contribution >= 0.6 is 27.5 Å². The van der Waals surface area contributed by atoms with Gasteiger partial charge < -0.3 is 0 Å². The molecule has 0 saturated carbocycles. The highest BCUT2D eigenvalue weighted by Gasteiger charge is 2.17. The Hall–Kier alpha value is -1.26. The smallest absolute Gasteiger partial charge is 0.197 e. The number of halogens is 4. The van der Waals surface area contributed by atoms with Crippen molar-refractivity contribution in [1.82, 2.24) is 0 Å². The summed E-state index contributed by atoms with van der Waals surface area (Å²) >= 11 is 8.95. The van der Waals surface area contributed by atoms with Crippen LogP contribution in [0.3, 0.4) is 0 Å². The third-order valence-electron chi connectivity index (χ3n) is 2.35. The number of carbonyl (C=O) groups excluding carboxylic acids is 1. The first-order chi connectivity index (χ1) is 8.49. The molecule has 0 aromatic heterocycles. The molecule has 2 aromatic rings. The van der Waals surface area contributed by atoms with Crippen molar-refractivity contribution in [3.8, 4) is 0 Å². The normalized spacial score (nSPS) is 10.4. The van der Waals surface area contributed by atoms with E-state index in [2.05, 4.69) is 15.9 Å². The molecule has 5 heteroatoms. The van der Waals surface area contributed by atoms with E-state index in [9.17, 15) is 13.6 Å². The summed E-state index contributed by atoms with van der Waals surface area (Å²) in [6, 6.07) is 7.31. The van der Waals surface area contributed by atoms with Crippen LogP contribution in [0.5, 0.6) is 0 Å². The fraction of sp³-hybridized carbons (Fsp3) is 0. The topological polar surface area (TPSA) is 17.1 Å². The molecule has 0 fully saturated rings.